The predicted octanol–water partition coefficient (Wildman–Crippen LogP) is 0.950. The van der Waals surface area contributed by atoms with Crippen molar-refractivity contribution in [1.82, 2.24) is 10.2 Å². The number of hydrogen-bond donors (Lipinski definition) is 3. The van der Waals surface area contributed by atoms with Crippen LogP contribution in [-0.4, -0.2) is 21.3 Å². The third-order valence-electron chi connectivity index (χ3n) is 1.78. The number of nitrogens with one attached hydrogen (secondary N) is 1. The van der Waals surface area contributed by atoms with Crippen molar-refractivity contribution in [3.05, 3.63) is 24.1 Å². The second kappa shape index (κ2) is 2.91. The number of H-pyrrole nitrogens is 1. The summed E-state index contributed by atoms with van der Waals surface area (Å²) in [6.45, 7) is 0. The van der Waals surface area contributed by atoms with Crippen molar-refractivity contribution in [2.75, 3.05) is 5.73 Å². The monoisotopic (exact) mass is 193 g/mol. The molecule has 2 heterocycles. The summed E-state index contributed by atoms with van der Waals surface area (Å²) in [5, 5.41) is 14.7. The molecule has 2 rings (SSSR count). The van der Waals surface area contributed by atoms with Crippen LogP contribution in [0.2, 0.25) is 0 Å². The molecule has 0 spiro atoms. The Morgan fingerprint density at radius 2 is 2.43 bits per heavy atom. The van der Waals surface area contributed by atoms with E-state index in [2.05, 4.69) is 10.2 Å². The summed E-state index contributed by atoms with van der Waals surface area (Å²) < 4.78 is 5.05. The summed E-state index contributed by atoms with van der Waals surface area (Å²) in [7, 11) is 0. The third-order valence-corrected chi connectivity index (χ3v) is 1.78. The standard InChI is InChI=1S/C8H7N3O3/c9-7-5(4-2-1-3-14-4)6(8(12)13)10-11-7/h1-3H,(H,12,13)(H3,9,10,11). The van der Waals surface area contributed by atoms with Crippen molar-refractivity contribution in [1.29, 1.82) is 0 Å². The first-order valence-electron chi connectivity index (χ1n) is 3.81. The molecule has 14 heavy (non-hydrogen) atoms. The molecule has 0 amide bonds. The lowest BCUT2D eigenvalue weighted by Crippen LogP contribution is -1.99. The Morgan fingerprint density at radius 3 is 3.00 bits per heavy atom. The van der Waals surface area contributed by atoms with Gasteiger partial charge >= 0.3 is 5.97 Å². The van der Waals surface area contributed by atoms with Crippen LogP contribution in [0.4, 0.5) is 5.82 Å². The van der Waals surface area contributed by atoms with Crippen molar-refractivity contribution in [3.63, 3.8) is 0 Å². The zero-order valence-electron chi connectivity index (χ0n) is 7.02. The summed E-state index contributed by atoms with van der Waals surface area (Å²) in [4.78, 5) is 10.8. The first-order valence-corrected chi connectivity index (χ1v) is 3.81. The SMILES string of the molecule is Nc1n[nH]c(C(=O)O)c1-c1ccco1. The number of aromatic amines is 1. The molecule has 0 unspecified atom stereocenters. The number of hydrogen-bond acceptors (Lipinski definition) is 4. The molecular formula is C8H7N3O3. The van der Waals surface area contributed by atoms with Gasteiger partial charge in [-0.15, -0.1) is 0 Å². The molecule has 0 aliphatic rings. The molecule has 0 radical (unpaired) electrons. The lowest BCUT2D eigenvalue weighted by molar-refractivity contribution is 0.0691. The van der Waals surface area contributed by atoms with Gasteiger partial charge in [0.2, 0.25) is 0 Å². The molecule has 4 N–H and O–H groups in total. The van der Waals surface area contributed by atoms with E-state index in [9.17, 15) is 4.79 Å². The third kappa shape index (κ3) is 1.13. The topological polar surface area (TPSA) is 105 Å². The van der Waals surface area contributed by atoms with Crippen molar-refractivity contribution < 1.29 is 14.3 Å². The van der Waals surface area contributed by atoms with Gasteiger partial charge in [0.05, 0.1) is 11.8 Å². The maximum absolute atomic E-state index is 10.8. The van der Waals surface area contributed by atoms with E-state index in [4.69, 9.17) is 15.3 Å². The molecule has 72 valence electrons. The van der Waals surface area contributed by atoms with E-state index >= 15 is 0 Å². The number of aromatic nitrogens is 2. The summed E-state index contributed by atoms with van der Waals surface area (Å²) in [5.41, 5.74) is 5.71. The van der Waals surface area contributed by atoms with Gasteiger partial charge in [-0.1, -0.05) is 0 Å². The maximum atomic E-state index is 10.8. The van der Waals surface area contributed by atoms with Gasteiger partial charge in [-0.05, 0) is 12.1 Å². The predicted molar refractivity (Wildman–Crippen MR) is 47.7 cm³/mol. The van der Waals surface area contributed by atoms with Crippen LogP contribution in [0.5, 0.6) is 0 Å². The number of nitrogen functional groups attached to an aromatic ring is 1. The molecule has 0 aliphatic heterocycles. The fourth-order valence-electron chi connectivity index (χ4n) is 1.18. The van der Waals surface area contributed by atoms with Gasteiger partial charge in [-0.3, -0.25) is 5.10 Å². The summed E-state index contributed by atoms with van der Waals surface area (Å²) in [6, 6.07) is 3.26. The molecule has 0 aliphatic carbocycles. The Bertz CT molecular complexity index is 458. The molecule has 6 nitrogen and oxygen atoms in total. The van der Waals surface area contributed by atoms with Crippen molar-refractivity contribution >= 4 is 11.8 Å². The molecule has 0 saturated heterocycles. The van der Waals surface area contributed by atoms with Gasteiger partial charge < -0.3 is 15.3 Å². The lowest BCUT2D eigenvalue weighted by atomic mass is 10.2. The van der Waals surface area contributed by atoms with E-state index in [1.165, 1.54) is 6.26 Å². The molecule has 0 fully saturated rings. The highest BCUT2D eigenvalue weighted by Crippen LogP contribution is 2.27. The second-order valence-electron chi connectivity index (χ2n) is 2.64. The number of nitrogens with zero attached hydrogens (tertiary/aromatic N) is 1. The van der Waals surface area contributed by atoms with Crippen LogP contribution in [-0.2, 0) is 0 Å². The second-order valence-corrected chi connectivity index (χ2v) is 2.64. The van der Waals surface area contributed by atoms with E-state index in [-0.39, 0.29) is 17.1 Å². The van der Waals surface area contributed by atoms with E-state index < -0.39 is 5.97 Å². The van der Waals surface area contributed by atoms with Gasteiger partial charge in [0.15, 0.2) is 11.5 Å². The van der Waals surface area contributed by atoms with Gasteiger partial charge in [0, 0.05) is 0 Å². The Labute approximate surface area is 78.3 Å². The first kappa shape index (κ1) is 8.36. The van der Waals surface area contributed by atoms with E-state index in [1.807, 2.05) is 0 Å². The van der Waals surface area contributed by atoms with Crippen LogP contribution in [0.25, 0.3) is 11.3 Å². The Morgan fingerprint density at radius 1 is 1.64 bits per heavy atom. The van der Waals surface area contributed by atoms with Crippen LogP contribution >= 0.6 is 0 Å². The van der Waals surface area contributed by atoms with Gasteiger partial charge in [-0.25, -0.2) is 4.79 Å². The summed E-state index contributed by atoms with van der Waals surface area (Å²) in [6.07, 6.45) is 1.44. The zero-order valence-corrected chi connectivity index (χ0v) is 7.02. The van der Waals surface area contributed by atoms with Crippen LogP contribution in [0.3, 0.4) is 0 Å². The Balaban J connectivity index is 2.62. The van der Waals surface area contributed by atoms with E-state index in [0.29, 0.717) is 5.76 Å². The van der Waals surface area contributed by atoms with E-state index in [0.717, 1.165) is 0 Å². The fourth-order valence-corrected chi connectivity index (χ4v) is 1.18. The number of aromatic carboxylic acids is 1. The average Bonchev–Trinajstić information content (AvgIpc) is 2.71. The minimum absolute atomic E-state index is 0.0718. The molecular weight excluding hydrogens is 186 g/mol. The summed E-state index contributed by atoms with van der Waals surface area (Å²) >= 11 is 0. The normalized spacial score (nSPS) is 10.3. The van der Waals surface area contributed by atoms with Crippen molar-refractivity contribution in [2.45, 2.75) is 0 Å². The number of carbonyl (C=O) groups is 1. The molecule has 0 bridgehead atoms. The fraction of sp³-hybridized carbons (Fsp3) is 0. The Hall–Kier alpha value is -2.24. The number of anilines is 1. The number of carboxylic acid groups (broad SMARTS) is 1. The average molecular weight is 193 g/mol. The highest BCUT2D eigenvalue weighted by Gasteiger charge is 2.20. The van der Waals surface area contributed by atoms with E-state index in [1.54, 1.807) is 12.1 Å². The van der Waals surface area contributed by atoms with Crippen LogP contribution in [0.1, 0.15) is 10.5 Å². The van der Waals surface area contributed by atoms with Crippen LogP contribution in [0.15, 0.2) is 22.8 Å². The lowest BCUT2D eigenvalue weighted by Gasteiger charge is -1.95. The molecule has 0 atom stereocenters. The molecule has 6 heteroatoms. The number of nitrogens with two attached hydrogens (primary N) is 1. The minimum Gasteiger partial charge on any atom is -0.477 e. The quantitative estimate of drug-likeness (QED) is 0.658. The molecule has 2 aromatic heterocycles. The van der Waals surface area contributed by atoms with Crippen molar-refractivity contribution in [3.8, 4) is 11.3 Å². The molecule has 2 aromatic rings. The smallest absolute Gasteiger partial charge is 0.354 e. The number of furan rings is 1. The number of rotatable bonds is 2. The van der Waals surface area contributed by atoms with Gasteiger partial charge in [-0.2, -0.15) is 5.10 Å². The van der Waals surface area contributed by atoms with Gasteiger partial charge in [0.25, 0.3) is 0 Å². The van der Waals surface area contributed by atoms with Crippen molar-refractivity contribution in [2.24, 2.45) is 0 Å². The Kier molecular flexibility index (Phi) is 1.74. The first-order chi connectivity index (χ1) is 6.70. The minimum atomic E-state index is -1.12. The maximum Gasteiger partial charge on any atom is 0.354 e. The largest absolute Gasteiger partial charge is 0.477 e. The van der Waals surface area contributed by atoms with Gasteiger partial charge in [0.1, 0.15) is 5.76 Å². The van der Waals surface area contributed by atoms with Crippen LogP contribution in [0, 0.1) is 0 Å². The zero-order chi connectivity index (χ0) is 10.1. The molecule has 0 saturated carbocycles. The van der Waals surface area contributed by atoms with Crippen LogP contribution < -0.4 is 5.73 Å². The number of carboxylic acids is 1. The molecule has 0 aromatic carbocycles. The highest BCUT2D eigenvalue weighted by atomic mass is 16.4. The highest BCUT2D eigenvalue weighted by molar-refractivity contribution is 5.96. The summed E-state index contributed by atoms with van der Waals surface area (Å²) in [5.74, 6) is -0.633.